The molecule has 2 N–H and O–H groups in total. The number of esters is 1. The maximum atomic E-state index is 12.3. The molecule has 0 saturated carbocycles. The van der Waals surface area contributed by atoms with Gasteiger partial charge in [0.2, 0.25) is 0 Å². The molecule has 0 spiro atoms. The molecule has 1 aromatic rings. The van der Waals surface area contributed by atoms with Gasteiger partial charge in [0.25, 0.3) is 0 Å². The molecule has 2 rings (SSSR count). The van der Waals surface area contributed by atoms with E-state index in [-0.39, 0.29) is 25.3 Å². The van der Waals surface area contributed by atoms with Crippen LogP contribution in [-0.2, 0) is 21.5 Å². The Morgan fingerprint density at radius 3 is 2.54 bits per heavy atom. The molecule has 1 amide bonds. The molecule has 0 aliphatic carbocycles. The van der Waals surface area contributed by atoms with Gasteiger partial charge >= 0.3 is 12.1 Å². The Morgan fingerprint density at radius 1 is 1.33 bits per heavy atom. The van der Waals surface area contributed by atoms with Crippen molar-refractivity contribution in [1.29, 1.82) is 0 Å². The molecule has 1 unspecified atom stereocenters. The number of hydrogen-bond acceptors (Lipinski definition) is 4. The lowest BCUT2D eigenvalue weighted by molar-refractivity contribution is -0.149. The number of phenolic OH excluding ortho intramolecular Hbond substituents is 1. The molecule has 1 heterocycles. The monoisotopic (exact) mass is 335 g/mol. The predicted molar refractivity (Wildman–Crippen MR) is 88.9 cm³/mol. The molecular formula is C18H25NO5. The fourth-order valence-corrected chi connectivity index (χ4v) is 3.70. The van der Waals surface area contributed by atoms with E-state index in [1.807, 2.05) is 20.8 Å². The van der Waals surface area contributed by atoms with E-state index in [9.17, 15) is 19.8 Å². The lowest BCUT2D eigenvalue weighted by Crippen LogP contribution is -2.60. The Balaban J connectivity index is 2.70. The van der Waals surface area contributed by atoms with E-state index in [1.54, 1.807) is 19.1 Å². The third-order valence-electron chi connectivity index (χ3n) is 4.78. The van der Waals surface area contributed by atoms with Crippen LogP contribution in [0.3, 0.4) is 0 Å². The molecule has 0 bridgehead atoms. The quantitative estimate of drug-likeness (QED) is 0.829. The van der Waals surface area contributed by atoms with E-state index in [4.69, 9.17) is 4.74 Å². The second kappa shape index (κ2) is 6.34. The highest BCUT2D eigenvalue weighted by Gasteiger charge is 2.54. The second-order valence-corrected chi connectivity index (χ2v) is 7.12. The van der Waals surface area contributed by atoms with E-state index >= 15 is 0 Å². The molecule has 0 radical (unpaired) electrons. The summed E-state index contributed by atoms with van der Waals surface area (Å²) in [5.41, 5.74) is 0.0256. The van der Waals surface area contributed by atoms with Crippen molar-refractivity contribution in [3.8, 4) is 5.75 Å². The molecule has 24 heavy (non-hydrogen) atoms. The summed E-state index contributed by atoms with van der Waals surface area (Å²) >= 11 is 0. The minimum Gasteiger partial charge on any atom is -0.508 e. The summed E-state index contributed by atoms with van der Waals surface area (Å²) in [5, 5.41) is 19.6. The molecular weight excluding hydrogens is 310 g/mol. The van der Waals surface area contributed by atoms with Crippen molar-refractivity contribution in [3.05, 3.63) is 29.3 Å². The Bertz CT molecular complexity index is 649. The molecule has 6 heteroatoms. The molecule has 1 aliphatic heterocycles. The standard InChI is InChI=1S/C18H25NO5/c1-5-24-15(21)11-18(17(2,3)4)14-7-6-13(20)10-12(14)8-9-19(18)16(22)23/h6-7,10,20H,5,8-9,11H2,1-4H3,(H,22,23). The van der Waals surface area contributed by atoms with Crippen LogP contribution in [0.1, 0.15) is 45.2 Å². The normalized spacial score (nSPS) is 20.4. The molecule has 1 atom stereocenters. The molecule has 132 valence electrons. The third-order valence-corrected chi connectivity index (χ3v) is 4.78. The second-order valence-electron chi connectivity index (χ2n) is 7.12. The summed E-state index contributed by atoms with van der Waals surface area (Å²) in [4.78, 5) is 25.6. The van der Waals surface area contributed by atoms with Crippen LogP contribution in [0, 0.1) is 5.41 Å². The summed E-state index contributed by atoms with van der Waals surface area (Å²) in [6.07, 6.45) is -0.626. The van der Waals surface area contributed by atoms with Crippen LogP contribution in [0.15, 0.2) is 18.2 Å². The van der Waals surface area contributed by atoms with Gasteiger partial charge < -0.3 is 14.9 Å². The van der Waals surface area contributed by atoms with Crippen LogP contribution in [-0.4, -0.2) is 40.3 Å². The van der Waals surface area contributed by atoms with E-state index in [1.165, 1.54) is 11.0 Å². The van der Waals surface area contributed by atoms with Gasteiger partial charge in [-0.3, -0.25) is 9.69 Å². The highest BCUT2D eigenvalue weighted by Crippen LogP contribution is 2.51. The number of carbonyl (C=O) groups excluding carboxylic acids is 1. The van der Waals surface area contributed by atoms with Gasteiger partial charge in [0, 0.05) is 6.54 Å². The van der Waals surface area contributed by atoms with Crippen LogP contribution in [0.5, 0.6) is 5.75 Å². The van der Waals surface area contributed by atoms with Crippen molar-refractivity contribution in [2.45, 2.75) is 46.1 Å². The number of ether oxygens (including phenoxy) is 1. The topological polar surface area (TPSA) is 87.1 Å². The fraction of sp³-hybridized carbons (Fsp3) is 0.556. The largest absolute Gasteiger partial charge is 0.508 e. The number of rotatable bonds is 3. The molecule has 1 aliphatic rings. The van der Waals surface area contributed by atoms with E-state index < -0.39 is 23.0 Å². The lowest BCUT2D eigenvalue weighted by atomic mass is 9.63. The number of phenols is 1. The molecule has 1 aromatic carbocycles. The summed E-state index contributed by atoms with van der Waals surface area (Å²) in [7, 11) is 0. The zero-order chi connectivity index (χ0) is 18.1. The van der Waals surface area contributed by atoms with Crippen molar-refractivity contribution in [1.82, 2.24) is 4.90 Å². The first kappa shape index (κ1) is 18.1. The predicted octanol–water partition coefficient (Wildman–Crippen LogP) is 3.12. The van der Waals surface area contributed by atoms with Crippen molar-refractivity contribution >= 4 is 12.1 Å². The van der Waals surface area contributed by atoms with E-state index in [0.717, 1.165) is 11.1 Å². The van der Waals surface area contributed by atoms with Gasteiger partial charge in [0.1, 0.15) is 5.75 Å². The fourth-order valence-electron chi connectivity index (χ4n) is 3.70. The highest BCUT2D eigenvalue weighted by atomic mass is 16.5. The number of benzene rings is 1. The number of fused-ring (bicyclic) bond motifs is 1. The average Bonchev–Trinajstić information content (AvgIpc) is 2.45. The van der Waals surface area contributed by atoms with Gasteiger partial charge in [-0.25, -0.2) is 4.79 Å². The number of hydrogen-bond donors (Lipinski definition) is 2. The number of amides is 1. The SMILES string of the molecule is CCOC(=O)CC1(C(C)(C)C)c2ccc(O)cc2CCN1C(=O)O. The minimum absolute atomic E-state index is 0.0611. The maximum absolute atomic E-state index is 12.3. The van der Waals surface area contributed by atoms with Gasteiger partial charge in [-0.2, -0.15) is 0 Å². The summed E-state index contributed by atoms with van der Waals surface area (Å²) < 4.78 is 5.12. The lowest BCUT2D eigenvalue weighted by Gasteiger charge is -2.54. The Hall–Kier alpha value is -2.24. The van der Waals surface area contributed by atoms with Crippen molar-refractivity contribution in [2.24, 2.45) is 5.41 Å². The van der Waals surface area contributed by atoms with Crippen LogP contribution < -0.4 is 0 Å². The third kappa shape index (κ3) is 2.92. The Kier molecular flexibility index (Phi) is 4.78. The first-order chi connectivity index (χ1) is 11.1. The Labute approximate surface area is 142 Å². The van der Waals surface area contributed by atoms with Gasteiger partial charge in [0.05, 0.1) is 18.6 Å². The zero-order valence-electron chi connectivity index (χ0n) is 14.6. The molecule has 0 saturated heterocycles. The number of carboxylic acid groups (broad SMARTS) is 1. The van der Waals surface area contributed by atoms with E-state index in [0.29, 0.717) is 6.42 Å². The molecule has 6 nitrogen and oxygen atoms in total. The van der Waals surface area contributed by atoms with Gasteiger partial charge in [0.15, 0.2) is 0 Å². The molecule has 0 fully saturated rings. The van der Waals surface area contributed by atoms with Crippen LogP contribution in [0.2, 0.25) is 0 Å². The van der Waals surface area contributed by atoms with Crippen LogP contribution >= 0.6 is 0 Å². The van der Waals surface area contributed by atoms with Crippen LogP contribution in [0.25, 0.3) is 0 Å². The van der Waals surface area contributed by atoms with Crippen LogP contribution in [0.4, 0.5) is 4.79 Å². The van der Waals surface area contributed by atoms with Gasteiger partial charge in [-0.1, -0.05) is 26.8 Å². The highest BCUT2D eigenvalue weighted by molar-refractivity contribution is 5.75. The summed E-state index contributed by atoms with van der Waals surface area (Å²) in [6, 6.07) is 4.92. The van der Waals surface area contributed by atoms with E-state index in [2.05, 4.69) is 0 Å². The maximum Gasteiger partial charge on any atom is 0.408 e. The van der Waals surface area contributed by atoms with Gasteiger partial charge in [-0.15, -0.1) is 0 Å². The molecule has 0 aromatic heterocycles. The van der Waals surface area contributed by atoms with Crippen molar-refractivity contribution in [3.63, 3.8) is 0 Å². The summed E-state index contributed by atoms with van der Waals surface area (Å²) in [6.45, 7) is 8.00. The number of carbonyl (C=O) groups is 2. The smallest absolute Gasteiger partial charge is 0.408 e. The average molecular weight is 335 g/mol. The zero-order valence-corrected chi connectivity index (χ0v) is 14.6. The first-order valence-corrected chi connectivity index (χ1v) is 8.12. The number of aromatic hydroxyl groups is 1. The first-order valence-electron chi connectivity index (χ1n) is 8.12. The summed E-state index contributed by atoms with van der Waals surface area (Å²) in [5.74, 6) is -0.295. The number of nitrogens with zero attached hydrogens (tertiary/aromatic N) is 1. The van der Waals surface area contributed by atoms with Gasteiger partial charge in [-0.05, 0) is 42.0 Å². The Morgan fingerprint density at radius 2 is 2.00 bits per heavy atom. The minimum atomic E-state index is -1.06. The van der Waals surface area contributed by atoms with Crippen molar-refractivity contribution in [2.75, 3.05) is 13.2 Å². The van der Waals surface area contributed by atoms with Crippen molar-refractivity contribution < 1.29 is 24.5 Å².